The van der Waals surface area contributed by atoms with Crippen LogP contribution in [0.25, 0.3) is 0 Å². The number of ether oxygens (including phenoxy) is 1. The Morgan fingerprint density at radius 3 is 2.53 bits per heavy atom. The van der Waals surface area contributed by atoms with Crippen molar-refractivity contribution in [1.82, 2.24) is 4.72 Å². The second-order valence-electron chi connectivity index (χ2n) is 5.93. The van der Waals surface area contributed by atoms with E-state index in [0.29, 0.717) is 19.0 Å². The molecule has 0 aromatic heterocycles. The molecule has 1 atom stereocenters. The lowest BCUT2D eigenvalue weighted by Gasteiger charge is -2.35. The Hall–Kier alpha value is 0.160. The number of nitrogens with one attached hydrogen (secondary N) is 1. The van der Waals surface area contributed by atoms with Crippen LogP contribution in [0.4, 0.5) is 0 Å². The van der Waals surface area contributed by atoms with Crippen molar-refractivity contribution >= 4 is 21.6 Å². The largest absolute Gasteiger partial charge is 0.377 e. The summed E-state index contributed by atoms with van der Waals surface area (Å²) in [6, 6.07) is 0. The van der Waals surface area contributed by atoms with Crippen molar-refractivity contribution in [3.8, 4) is 0 Å². The third-order valence-corrected chi connectivity index (χ3v) is 6.26. The van der Waals surface area contributed by atoms with Gasteiger partial charge < -0.3 is 4.74 Å². The lowest BCUT2D eigenvalue weighted by atomic mass is 9.76. The topological polar surface area (TPSA) is 55.4 Å². The molecular weight excluding hydrogens is 286 g/mol. The third-order valence-electron chi connectivity index (χ3n) is 4.29. The number of rotatable bonds is 6. The van der Waals surface area contributed by atoms with E-state index in [9.17, 15) is 8.42 Å². The molecule has 4 nitrogen and oxygen atoms in total. The van der Waals surface area contributed by atoms with Crippen LogP contribution in [0.5, 0.6) is 0 Å². The van der Waals surface area contributed by atoms with Crippen LogP contribution >= 0.6 is 11.6 Å². The molecule has 0 radical (unpaired) electrons. The van der Waals surface area contributed by atoms with Crippen LogP contribution < -0.4 is 4.72 Å². The Kier molecular flexibility index (Phi) is 5.52. The standard InChI is InChI=1S/C13H24ClNO3S/c14-10-13(6-2-1-3-7-13)11-15-19(16,17)9-12-5-4-8-18-12/h12,15H,1-11H2. The Morgan fingerprint density at radius 1 is 1.21 bits per heavy atom. The fourth-order valence-electron chi connectivity index (χ4n) is 3.00. The molecule has 19 heavy (non-hydrogen) atoms. The molecule has 1 saturated heterocycles. The molecule has 2 rings (SSSR count). The summed E-state index contributed by atoms with van der Waals surface area (Å²) in [7, 11) is -3.25. The second kappa shape index (κ2) is 6.74. The van der Waals surface area contributed by atoms with Gasteiger partial charge in [0.25, 0.3) is 0 Å². The number of hydrogen-bond acceptors (Lipinski definition) is 3. The molecule has 0 aromatic rings. The summed E-state index contributed by atoms with van der Waals surface area (Å²) in [5.41, 5.74) is -0.0383. The predicted octanol–water partition coefficient (Wildman–Crippen LogP) is 2.27. The van der Waals surface area contributed by atoms with E-state index in [1.165, 1.54) is 6.42 Å². The highest BCUT2D eigenvalue weighted by atomic mass is 35.5. The minimum Gasteiger partial charge on any atom is -0.377 e. The van der Waals surface area contributed by atoms with Gasteiger partial charge in [0, 0.05) is 19.0 Å². The predicted molar refractivity (Wildman–Crippen MR) is 77.0 cm³/mol. The van der Waals surface area contributed by atoms with Crippen molar-refractivity contribution in [2.75, 3.05) is 24.8 Å². The maximum atomic E-state index is 12.1. The fourth-order valence-corrected chi connectivity index (χ4v) is 4.76. The van der Waals surface area contributed by atoms with Crippen molar-refractivity contribution in [1.29, 1.82) is 0 Å². The highest BCUT2D eigenvalue weighted by molar-refractivity contribution is 7.89. The first-order chi connectivity index (χ1) is 9.05. The van der Waals surface area contributed by atoms with Gasteiger partial charge in [-0.2, -0.15) is 0 Å². The summed E-state index contributed by atoms with van der Waals surface area (Å²) < 4.78 is 32.2. The zero-order valence-corrected chi connectivity index (χ0v) is 12.9. The summed E-state index contributed by atoms with van der Waals surface area (Å²) in [5.74, 6) is 0.626. The number of sulfonamides is 1. The monoisotopic (exact) mass is 309 g/mol. The molecule has 1 aliphatic heterocycles. The van der Waals surface area contributed by atoms with E-state index in [0.717, 1.165) is 38.5 Å². The van der Waals surface area contributed by atoms with Crippen molar-refractivity contribution in [2.45, 2.75) is 51.0 Å². The minimum absolute atomic E-state index is 0.0383. The fraction of sp³-hybridized carbons (Fsp3) is 1.00. The minimum atomic E-state index is -3.25. The lowest BCUT2D eigenvalue weighted by Crippen LogP contribution is -2.42. The van der Waals surface area contributed by atoms with Crippen LogP contribution in [0, 0.1) is 5.41 Å². The van der Waals surface area contributed by atoms with E-state index in [1.54, 1.807) is 0 Å². The number of halogens is 1. The number of alkyl halides is 1. The molecule has 1 N–H and O–H groups in total. The molecule has 1 aliphatic carbocycles. The summed E-state index contributed by atoms with van der Waals surface area (Å²) in [5, 5.41) is 0. The van der Waals surface area contributed by atoms with Crippen molar-refractivity contribution < 1.29 is 13.2 Å². The molecule has 6 heteroatoms. The zero-order chi connectivity index (χ0) is 13.8. The highest BCUT2D eigenvalue weighted by Crippen LogP contribution is 2.36. The Balaban J connectivity index is 1.85. The Labute approximate surface area is 121 Å². The van der Waals surface area contributed by atoms with Gasteiger partial charge in [-0.25, -0.2) is 13.1 Å². The van der Waals surface area contributed by atoms with E-state index < -0.39 is 10.0 Å². The zero-order valence-electron chi connectivity index (χ0n) is 11.4. The highest BCUT2D eigenvalue weighted by Gasteiger charge is 2.33. The molecular formula is C13H24ClNO3S. The lowest BCUT2D eigenvalue weighted by molar-refractivity contribution is 0.127. The average molecular weight is 310 g/mol. The SMILES string of the molecule is O=S(=O)(CC1CCCO1)NCC1(CCl)CCCCC1. The first kappa shape index (κ1) is 15.5. The second-order valence-corrected chi connectivity index (χ2v) is 8.05. The van der Waals surface area contributed by atoms with Gasteiger partial charge in [0.05, 0.1) is 11.9 Å². The quantitative estimate of drug-likeness (QED) is 0.766. The molecule has 0 spiro atoms. The van der Waals surface area contributed by atoms with Gasteiger partial charge in [-0.1, -0.05) is 19.3 Å². The van der Waals surface area contributed by atoms with Gasteiger partial charge in [0.15, 0.2) is 0 Å². The van der Waals surface area contributed by atoms with Crippen molar-refractivity contribution in [3.63, 3.8) is 0 Å². The molecule has 0 bridgehead atoms. The van der Waals surface area contributed by atoms with Crippen LogP contribution in [0.2, 0.25) is 0 Å². The van der Waals surface area contributed by atoms with Gasteiger partial charge in [0.2, 0.25) is 10.0 Å². The van der Waals surface area contributed by atoms with Gasteiger partial charge in [0.1, 0.15) is 0 Å². The Bertz CT molecular complexity index is 373. The maximum absolute atomic E-state index is 12.1. The number of hydrogen-bond donors (Lipinski definition) is 1. The van der Waals surface area contributed by atoms with E-state index >= 15 is 0 Å². The molecule has 2 aliphatic rings. The molecule has 112 valence electrons. The molecule has 1 saturated carbocycles. The van der Waals surface area contributed by atoms with E-state index in [4.69, 9.17) is 16.3 Å². The van der Waals surface area contributed by atoms with Crippen LogP contribution in [0.1, 0.15) is 44.9 Å². The van der Waals surface area contributed by atoms with Crippen LogP contribution in [-0.2, 0) is 14.8 Å². The summed E-state index contributed by atoms with van der Waals surface area (Å²) >= 11 is 6.08. The normalized spacial score (nSPS) is 27.5. The van der Waals surface area contributed by atoms with E-state index in [2.05, 4.69) is 4.72 Å². The molecule has 1 unspecified atom stereocenters. The van der Waals surface area contributed by atoms with E-state index in [-0.39, 0.29) is 17.3 Å². The smallest absolute Gasteiger partial charge is 0.214 e. The van der Waals surface area contributed by atoms with Crippen LogP contribution in [0.15, 0.2) is 0 Å². The van der Waals surface area contributed by atoms with Crippen LogP contribution in [0.3, 0.4) is 0 Å². The first-order valence-corrected chi connectivity index (χ1v) is 9.39. The van der Waals surface area contributed by atoms with Gasteiger partial charge >= 0.3 is 0 Å². The molecule has 0 aromatic carbocycles. The summed E-state index contributed by atoms with van der Waals surface area (Å²) in [4.78, 5) is 0. The summed E-state index contributed by atoms with van der Waals surface area (Å²) in [6.45, 7) is 1.16. The van der Waals surface area contributed by atoms with Crippen LogP contribution in [-0.4, -0.2) is 39.3 Å². The molecule has 1 heterocycles. The maximum Gasteiger partial charge on any atom is 0.214 e. The summed E-state index contributed by atoms with van der Waals surface area (Å²) in [6.07, 6.45) is 7.28. The van der Waals surface area contributed by atoms with E-state index in [1.807, 2.05) is 0 Å². The van der Waals surface area contributed by atoms with Gasteiger partial charge in [-0.05, 0) is 31.1 Å². The molecule has 0 amide bonds. The Morgan fingerprint density at radius 2 is 1.95 bits per heavy atom. The third kappa shape index (κ3) is 4.59. The molecule has 2 fully saturated rings. The average Bonchev–Trinajstić information content (AvgIpc) is 2.90. The van der Waals surface area contributed by atoms with Gasteiger partial charge in [-0.15, -0.1) is 11.6 Å². The first-order valence-electron chi connectivity index (χ1n) is 7.20. The van der Waals surface area contributed by atoms with Gasteiger partial charge in [-0.3, -0.25) is 0 Å². The van der Waals surface area contributed by atoms with Crippen molar-refractivity contribution in [2.24, 2.45) is 5.41 Å². The van der Waals surface area contributed by atoms with Crippen molar-refractivity contribution in [3.05, 3.63) is 0 Å².